The Bertz CT molecular complexity index is 1440. The number of carbonyl (C=O) groups is 2. The highest BCUT2D eigenvalue weighted by molar-refractivity contribution is 5.93. The summed E-state index contributed by atoms with van der Waals surface area (Å²) in [6.45, 7) is 1.50. The van der Waals surface area contributed by atoms with Crippen LogP contribution < -0.4 is 16.4 Å². The maximum absolute atomic E-state index is 13.8. The number of aryl methyl sites for hydroxylation is 1. The molecule has 3 aromatic rings. The maximum Gasteiger partial charge on any atom is 0.430 e. The third kappa shape index (κ3) is 4.92. The minimum Gasteiger partial charge on any atom is -0.381 e. The SMILES string of the molecule is CNC(=O)C(O)(c1ccc(C)c(-c2cnc3c(N)nc(C(=O)NC(CC#N)C(F)(F)F)cn23)c1)C(F)(F)F. The number of rotatable bonds is 6. The van der Waals surface area contributed by atoms with Gasteiger partial charge in [-0.2, -0.15) is 31.6 Å². The van der Waals surface area contributed by atoms with Crippen LogP contribution in [0.1, 0.15) is 28.0 Å². The van der Waals surface area contributed by atoms with Gasteiger partial charge in [0.05, 0.1) is 24.4 Å². The molecule has 16 heteroatoms. The Kier molecular flexibility index (Phi) is 7.28. The quantitative estimate of drug-likeness (QED) is 0.348. The Hall–Kier alpha value is -4.39. The van der Waals surface area contributed by atoms with E-state index in [2.05, 4.69) is 9.97 Å². The minimum atomic E-state index is -5.41. The number of nitrogens with two attached hydrogens (primary N) is 1. The fourth-order valence-electron chi connectivity index (χ4n) is 3.62. The molecule has 2 atom stereocenters. The number of carbonyl (C=O) groups excluding carboxylic acids is 2. The number of nitrogens with zero attached hydrogens (tertiary/aromatic N) is 4. The molecule has 10 nitrogen and oxygen atoms in total. The molecule has 0 bridgehead atoms. The fraction of sp³-hybridized carbons (Fsp3) is 0.318. The van der Waals surface area contributed by atoms with E-state index < -0.39 is 59.3 Å². The van der Waals surface area contributed by atoms with Gasteiger partial charge < -0.3 is 21.5 Å². The van der Waals surface area contributed by atoms with Crippen molar-refractivity contribution in [3.63, 3.8) is 0 Å². The maximum atomic E-state index is 13.8. The second kappa shape index (κ2) is 9.82. The van der Waals surface area contributed by atoms with Crippen LogP contribution in [-0.2, 0) is 10.4 Å². The predicted octanol–water partition coefficient (Wildman–Crippen LogP) is 2.36. The summed E-state index contributed by atoms with van der Waals surface area (Å²) in [6.07, 6.45) is -9.29. The number of aliphatic hydroxyl groups is 1. The van der Waals surface area contributed by atoms with Gasteiger partial charge in [-0.05, 0) is 18.6 Å². The third-order valence-corrected chi connectivity index (χ3v) is 5.64. The van der Waals surface area contributed by atoms with Crippen molar-refractivity contribution in [3.05, 3.63) is 47.4 Å². The molecule has 2 heterocycles. The highest BCUT2D eigenvalue weighted by Crippen LogP contribution is 2.41. The second-order valence-corrected chi connectivity index (χ2v) is 8.10. The van der Waals surface area contributed by atoms with E-state index in [1.807, 2.05) is 0 Å². The number of halogens is 6. The molecule has 2 unspecified atom stereocenters. The number of anilines is 1. The number of fused-ring (bicyclic) bond motifs is 1. The van der Waals surface area contributed by atoms with E-state index in [0.717, 1.165) is 36.0 Å². The Balaban J connectivity index is 2.16. The van der Waals surface area contributed by atoms with Crippen LogP contribution in [0.4, 0.5) is 32.2 Å². The lowest BCUT2D eigenvalue weighted by atomic mass is 9.89. The van der Waals surface area contributed by atoms with E-state index >= 15 is 0 Å². The number of nitrogens with one attached hydrogen (secondary N) is 2. The molecule has 0 saturated carbocycles. The van der Waals surface area contributed by atoms with Crippen LogP contribution in [-0.4, -0.2) is 56.7 Å². The predicted molar refractivity (Wildman–Crippen MR) is 119 cm³/mol. The molecule has 3 rings (SSSR count). The van der Waals surface area contributed by atoms with Crippen molar-refractivity contribution in [2.24, 2.45) is 0 Å². The molecular formula is C22H19F6N7O3. The number of amides is 2. The number of likely N-dealkylation sites (N-methyl/N-ethyl adjacent to an activating group) is 1. The van der Waals surface area contributed by atoms with E-state index in [0.29, 0.717) is 5.56 Å². The number of nitrogen functional groups attached to an aromatic ring is 1. The first kappa shape index (κ1) is 28.2. The molecule has 38 heavy (non-hydrogen) atoms. The van der Waals surface area contributed by atoms with E-state index in [1.54, 1.807) is 10.6 Å². The summed E-state index contributed by atoms with van der Waals surface area (Å²) < 4.78 is 81.9. The third-order valence-electron chi connectivity index (χ3n) is 5.64. The number of hydrogen-bond acceptors (Lipinski definition) is 7. The molecule has 1 aromatic carbocycles. The number of imidazole rings is 1. The topological polar surface area (TPSA) is 158 Å². The van der Waals surface area contributed by atoms with Crippen LogP contribution in [0.5, 0.6) is 0 Å². The molecule has 0 aliphatic carbocycles. The monoisotopic (exact) mass is 543 g/mol. The van der Waals surface area contributed by atoms with Crippen LogP contribution in [0.2, 0.25) is 0 Å². The van der Waals surface area contributed by atoms with Gasteiger partial charge in [0.25, 0.3) is 17.4 Å². The lowest BCUT2D eigenvalue weighted by molar-refractivity contribution is -0.256. The Morgan fingerprint density at radius 1 is 1.24 bits per heavy atom. The van der Waals surface area contributed by atoms with Crippen molar-refractivity contribution in [1.29, 1.82) is 5.26 Å². The van der Waals surface area contributed by atoms with Gasteiger partial charge in [-0.15, -0.1) is 0 Å². The minimum absolute atomic E-state index is 0.0216. The van der Waals surface area contributed by atoms with Gasteiger partial charge in [0.2, 0.25) is 0 Å². The summed E-state index contributed by atoms with van der Waals surface area (Å²) in [5.41, 5.74) is 0.793. The molecule has 0 saturated heterocycles. The zero-order valence-electron chi connectivity index (χ0n) is 19.6. The fourth-order valence-corrected chi connectivity index (χ4v) is 3.62. The molecule has 5 N–H and O–H groups in total. The largest absolute Gasteiger partial charge is 0.430 e. The molecule has 0 radical (unpaired) electrons. The Morgan fingerprint density at radius 2 is 1.89 bits per heavy atom. The number of aromatic nitrogens is 3. The first-order chi connectivity index (χ1) is 17.6. The number of hydrogen-bond donors (Lipinski definition) is 4. The average molecular weight is 543 g/mol. The van der Waals surface area contributed by atoms with Gasteiger partial charge in [0.15, 0.2) is 11.5 Å². The summed E-state index contributed by atoms with van der Waals surface area (Å²) in [4.78, 5) is 32.4. The number of benzene rings is 1. The highest BCUT2D eigenvalue weighted by atomic mass is 19.4. The van der Waals surface area contributed by atoms with Crippen molar-refractivity contribution in [2.45, 2.75) is 37.3 Å². The summed E-state index contributed by atoms with van der Waals surface area (Å²) in [7, 11) is 0.918. The standard InChI is InChI=1S/C22H19F6N7O3/c1-10-3-4-11(20(38,19(37)31-2)22(26,27)28)7-12(10)14-8-32-17-16(30)33-13(9-35(14)17)18(36)34-15(5-6-29)21(23,24)25/h3-4,7-9,15,38H,5H2,1-2H3,(H2,30,33)(H,31,37)(H,34,36). The van der Waals surface area contributed by atoms with Gasteiger partial charge in [-0.25, -0.2) is 9.97 Å². The first-order valence-corrected chi connectivity index (χ1v) is 10.6. The molecule has 2 amide bonds. The van der Waals surface area contributed by atoms with Crippen LogP contribution in [0.15, 0.2) is 30.6 Å². The number of nitriles is 1. The summed E-state index contributed by atoms with van der Waals surface area (Å²) in [5.74, 6) is -3.45. The first-order valence-electron chi connectivity index (χ1n) is 10.6. The molecule has 0 fully saturated rings. The van der Waals surface area contributed by atoms with Gasteiger partial charge in [-0.3, -0.25) is 14.0 Å². The Labute approximate surface area is 210 Å². The van der Waals surface area contributed by atoms with Gasteiger partial charge in [0.1, 0.15) is 11.7 Å². The van der Waals surface area contributed by atoms with E-state index in [4.69, 9.17) is 11.0 Å². The van der Waals surface area contributed by atoms with Gasteiger partial charge in [0, 0.05) is 24.4 Å². The molecule has 0 spiro atoms. The zero-order chi connectivity index (χ0) is 28.6. The number of alkyl halides is 6. The van der Waals surface area contributed by atoms with Crippen LogP contribution in [0.25, 0.3) is 16.9 Å². The lowest BCUT2D eigenvalue weighted by Crippen LogP contribution is -2.53. The van der Waals surface area contributed by atoms with Crippen molar-refractivity contribution < 1.29 is 41.0 Å². The highest BCUT2D eigenvalue weighted by Gasteiger charge is 2.60. The van der Waals surface area contributed by atoms with Crippen LogP contribution >= 0.6 is 0 Å². The van der Waals surface area contributed by atoms with Gasteiger partial charge >= 0.3 is 12.4 Å². The summed E-state index contributed by atoms with van der Waals surface area (Å²) in [6, 6.07) is 1.83. The summed E-state index contributed by atoms with van der Waals surface area (Å²) in [5, 5.41) is 22.5. The van der Waals surface area contributed by atoms with E-state index in [9.17, 15) is 41.0 Å². The summed E-state index contributed by atoms with van der Waals surface area (Å²) >= 11 is 0. The van der Waals surface area contributed by atoms with Crippen molar-refractivity contribution in [1.82, 2.24) is 25.0 Å². The van der Waals surface area contributed by atoms with Crippen molar-refractivity contribution >= 4 is 23.3 Å². The van der Waals surface area contributed by atoms with Gasteiger partial charge in [-0.1, -0.05) is 12.1 Å². The Morgan fingerprint density at radius 3 is 2.45 bits per heavy atom. The second-order valence-electron chi connectivity index (χ2n) is 8.10. The van der Waals surface area contributed by atoms with Crippen molar-refractivity contribution in [3.8, 4) is 17.3 Å². The molecule has 2 aromatic heterocycles. The van der Waals surface area contributed by atoms with Crippen LogP contribution in [0.3, 0.4) is 0 Å². The molecule has 0 aliphatic heterocycles. The van der Waals surface area contributed by atoms with Crippen molar-refractivity contribution in [2.75, 3.05) is 12.8 Å². The van der Waals surface area contributed by atoms with E-state index in [1.165, 1.54) is 19.1 Å². The average Bonchev–Trinajstić information content (AvgIpc) is 3.26. The normalized spacial score (nSPS) is 14.4. The van der Waals surface area contributed by atoms with Crippen LogP contribution in [0, 0.1) is 18.3 Å². The zero-order valence-corrected chi connectivity index (χ0v) is 19.6. The molecular weight excluding hydrogens is 524 g/mol. The molecule has 202 valence electrons. The lowest BCUT2D eigenvalue weighted by Gasteiger charge is -2.29. The van der Waals surface area contributed by atoms with E-state index in [-0.39, 0.29) is 16.9 Å². The molecule has 0 aliphatic rings. The smallest absolute Gasteiger partial charge is 0.381 e.